The average molecular weight is 412 g/mol. The van der Waals surface area contributed by atoms with Crippen molar-refractivity contribution in [3.63, 3.8) is 0 Å². The third-order valence-electron chi connectivity index (χ3n) is 6.51. The minimum atomic E-state index is -0.363. The zero-order valence-electron chi connectivity index (χ0n) is 17.6. The van der Waals surface area contributed by atoms with Crippen molar-refractivity contribution in [1.29, 1.82) is 0 Å². The van der Waals surface area contributed by atoms with Crippen LogP contribution in [-0.4, -0.2) is 38.7 Å². The Balaban J connectivity index is 1.42. The van der Waals surface area contributed by atoms with Crippen LogP contribution in [0.4, 0.5) is 0 Å². The van der Waals surface area contributed by atoms with Crippen LogP contribution in [0.3, 0.4) is 0 Å². The van der Waals surface area contributed by atoms with Gasteiger partial charge in [0.25, 0.3) is 5.91 Å². The van der Waals surface area contributed by atoms with E-state index in [1.165, 1.54) is 5.57 Å². The number of allylic oxidation sites excluding steroid dienone is 2. The monoisotopic (exact) mass is 411 g/mol. The molecule has 5 heteroatoms. The Kier molecular flexibility index (Phi) is 5.02. The quantitative estimate of drug-likeness (QED) is 0.615. The molecule has 1 aromatic heterocycles. The predicted octanol–water partition coefficient (Wildman–Crippen LogP) is 4.63. The number of fused-ring (bicyclic) bond motifs is 1. The summed E-state index contributed by atoms with van der Waals surface area (Å²) >= 11 is 0. The molecule has 2 atom stereocenters. The van der Waals surface area contributed by atoms with Crippen molar-refractivity contribution in [3.8, 4) is 0 Å². The van der Waals surface area contributed by atoms with Gasteiger partial charge in [0.2, 0.25) is 0 Å². The summed E-state index contributed by atoms with van der Waals surface area (Å²) < 4.78 is 2.11. The Morgan fingerprint density at radius 2 is 1.74 bits per heavy atom. The summed E-state index contributed by atoms with van der Waals surface area (Å²) in [5, 5.41) is 0. The number of imidazole rings is 1. The summed E-state index contributed by atoms with van der Waals surface area (Å²) in [6.45, 7) is 2.73. The van der Waals surface area contributed by atoms with E-state index in [4.69, 9.17) is 0 Å². The second-order valence-corrected chi connectivity index (χ2v) is 8.30. The van der Waals surface area contributed by atoms with Crippen LogP contribution < -0.4 is 0 Å². The van der Waals surface area contributed by atoms with Crippen molar-refractivity contribution < 1.29 is 9.59 Å². The molecule has 31 heavy (non-hydrogen) atoms. The number of ketones is 1. The Morgan fingerprint density at radius 3 is 2.48 bits per heavy atom. The molecule has 2 aliphatic heterocycles. The van der Waals surface area contributed by atoms with Gasteiger partial charge in [-0.25, -0.2) is 4.98 Å². The number of hydrogen-bond acceptors (Lipinski definition) is 3. The minimum Gasteiger partial charge on any atom is -0.329 e. The highest BCUT2D eigenvalue weighted by atomic mass is 16.2. The minimum absolute atomic E-state index is 0.0544. The van der Waals surface area contributed by atoms with Gasteiger partial charge in [-0.15, -0.1) is 0 Å². The number of benzene rings is 2. The molecule has 1 amide bonds. The summed E-state index contributed by atoms with van der Waals surface area (Å²) in [5.41, 5.74) is 5.15. The van der Waals surface area contributed by atoms with Gasteiger partial charge in [0, 0.05) is 18.5 Å². The van der Waals surface area contributed by atoms with Crippen LogP contribution in [0.5, 0.6) is 0 Å². The lowest BCUT2D eigenvalue weighted by Gasteiger charge is -2.26. The molecule has 0 N–H and O–H groups in total. The number of amides is 1. The first kappa shape index (κ1) is 19.5. The van der Waals surface area contributed by atoms with Gasteiger partial charge in [0.1, 0.15) is 0 Å². The van der Waals surface area contributed by atoms with Gasteiger partial charge >= 0.3 is 0 Å². The van der Waals surface area contributed by atoms with Crippen molar-refractivity contribution >= 4 is 22.8 Å². The summed E-state index contributed by atoms with van der Waals surface area (Å²) in [5.74, 6) is 0.0655. The van der Waals surface area contributed by atoms with Gasteiger partial charge in [-0.2, -0.15) is 0 Å². The third-order valence-corrected chi connectivity index (χ3v) is 6.51. The van der Waals surface area contributed by atoms with Crippen LogP contribution in [0.1, 0.15) is 53.8 Å². The van der Waals surface area contributed by atoms with E-state index in [0.29, 0.717) is 18.5 Å². The molecule has 2 aromatic carbocycles. The van der Waals surface area contributed by atoms with Gasteiger partial charge in [0.05, 0.1) is 30.3 Å². The summed E-state index contributed by atoms with van der Waals surface area (Å²) in [7, 11) is 0. The second-order valence-electron chi connectivity index (χ2n) is 8.30. The lowest BCUT2D eigenvalue weighted by atomic mass is 9.91. The predicted molar refractivity (Wildman–Crippen MR) is 120 cm³/mol. The first-order chi connectivity index (χ1) is 15.1. The molecule has 1 saturated heterocycles. The largest absolute Gasteiger partial charge is 0.329 e. The Hall–Kier alpha value is -3.47. The number of carbonyl (C=O) groups is 2. The average Bonchev–Trinajstić information content (AvgIpc) is 3.53. The molecule has 0 radical (unpaired) electrons. The molecule has 2 aliphatic rings. The number of nitrogens with zero attached hydrogens (tertiary/aromatic N) is 3. The zero-order valence-corrected chi connectivity index (χ0v) is 17.6. The van der Waals surface area contributed by atoms with E-state index in [9.17, 15) is 9.59 Å². The maximum absolute atomic E-state index is 13.5. The molecule has 3 heterocycles. The van der Waals surface area contributed by atoms with E-state index in [0.717, 1.165) is 29.7 Å². The number of likely N-dealkylation sites (tertiary alicyclic amines) is 1. The maximum Gasteiger partial charge on any atom is 0.254 e. The van der Waals surface area contributed by atoms with E-state index in [1.54, 1.807) is 4.90 Å². The first-order valence-electron chi connectivity index (χ1n) is 10.8. The molecule has 5 rings (SSSR count). The number of carbonyl (C=O) groups excluding carboxylic acids is 2. The molecule has 1 fully saturated rings. The van der Waals surface area contributed by atoms with Crippen LogP contribution in [0.25, 0.3) is 11.1 Å². The standard InChI is InChI=1S/C26H25N3O2/c1-18-23-16-27-17-29(23)22(25(18)19-9-4-2-5-10-19)15-24(30)21-13-8-14-28(21)26(31)20-11-6-3-7-12-20/h2-7,9-12,16-17,21-22H,8,13-15H2,1H3. The van der Waals surface area contributed by atoms with E-state index in [1.807, 2.05) is 61.1 Å². The van der Waals surface area contributed by atoms with Gasteiger partial charge < -0.3 is 9.47 Å². The van der Waals surface area contributed by atoms with Crippen molar-refractivity contribution in [2.75, 3.05) is 6.54 Å². The third kappa shape index (κ3) is 3.40. The Morgan fingerprint density at radius 1 is 1.03 bits per heavy atom. The number of Topliss-reactive ketones (excluding diaryl/α,β-unsaturated/α-hetero) is 1. The van der Waals surface area contributed by atoms with E-state index in [2.05, 4.69) is 28.6 Å². The highest BCUT2D eigenvalue weighted by Gasteiger charge is 2.38. The van der Waals surface area contributed by atoms with Gasteiger partial charge in [-0.3, -0.25) is 9.59 Å². The Labute approximate surface area is 182 Å². The van der Waals surface area contributed by atoms with Crippen molar-refractivity contribution in [2.24, 2.45) is 0 Å². The molecular formula is C26H25N3O2. The van der Waals surface area contributed by atoms with Crippen LogP contribution in [0.15, 0.2) is 73.2 Å². The molecule has 0 aliphatic carbocycles. The zero-order chi connectivity index (χ0) is 21.4. The number of rotatable bonds is 5. The van der Waals surface area contributed by atoms with Crippen molar-refractivity contribution in [3.05, 3.63) is 90.0 Å². The first-order valence-corrected chi connectivity index (χ1v) is 10.8. The summed E-state index contributed by atoms with van der Waals surface area (Å²) in [4.78, 5) is 32.6. The molecule has 3 aromatic rings. The smallest absolute Gasteiger partial charge is 0.254 e. The second kappa shape index (κ2) is 7.99. The number of aromatic nitrogens is 2. The molecule has 0 bridgehead atoms. The highest BCUT2D eigenvalue weighted by molar-refractivity contribution is 6.00. The molecule has 156 valence electrons. The van der Waals surface area contributed by atoms with Crippen LogP contribution in [-0.2, 0) is 4.79 Å². The number of hydrogen-bond donors (Lipinski definition) is 0. The van der Waals surface area contributed by atoms with Gasteiger partial charge in [-0.05, 0) is 48.6 Å². The van der Waals surface area contributed by atoms with E-state index in [-0.39, 0.29) is 23.8 Å². The molecule has 0 saturated carbocycles. The maximum atomic E-state index is 13.5. The van der Waals surface area contributed by atoms with Crippen LogP contribution >= 0.6 is 0 Å². The fraction of sp³-hybridized carbons (Fsp3) is 0.269. The van der Waals surface area contributed by atoms with E-state index >= 15 is 0 Å². The SMILES string of the molecule is CC1=C(c2ccccc2)C(CC(=O)C2CCCN2C(=O)c2ccccc2)n2cncc21. The normalized spacial score (nSPS) is 20.2. The van der Waals surface area contributed by atoms with Crippen LogP contribution in [0.2, 0.25) is 0 Å². The lowest BCUT2D eigenvalue weighted by Crippen LogP contribution is -2.41. The molecule has 2 unspecified atom stereocenters. The van der Waals surface area contributed by atoms with Gasteiger partial charge in [-0.1, -0.05) is 48.5 Å². The lowest BCUT2D eigenvalue weighted by molar-refractivity contribution is -0.123. The van der Waals surface area contributed by atoms with Crippen molar-refractivity contribution in [2.45, 2.75) is 38.3 Å². The fourth-order valence-electron chi connectivity index (χ4n) is 5.02. The highest BCUT2D eigenvalue weighted by Crippen LogP contribution is 2.44. The summed E-state index contributed by atoms with van der Waals surface area (Å²) in [6.07, 6.45) is 5.62. The topological polar surface area (TPSA) is 55.2 Å². The van der Waals surface area contributed by atoms with E-state index < -0.39 is 0 Å². The molecule has 0 spiro atoms. The van der Waals surface area contributed by atoms with Gasteiger partial charge in [0.15, 0.2) is 5.78 Å². The van der Waals surface area contributed by atoms with Crippen LogP contribution in [0, 0.1) is 0 Å². The summed E-state index contributed by atoms with van der Waals surface area (Å²) in [6, 6.07) is 19.0. The fourth-order valence-corrected chi connectivity index (χ4v) is 5.02. The molecular weight excluding hydrogens is 386 g/mol. The van der Waals surface area contributed by atoms with Crippen molar-refractivity contribution in [1.82, 2.24) is 14.5 Å². The molecule has 5 nitrogen and oxygen atoms in total. The Bertz CT molecular complexity index is 1150.